The number of carbonyl (C=O) groups is 1. The smallest absolute Gasteiger partial charge is 0.252 e. The number of hydrogen-bond donors (Lipinski definition) is 1. The quantitative estimate of drug-likeness (QED) is 0.788. The normalized spacial score (nSPS) is 21.2. The van der Waals surface area contributed by atoms with Crippen molar-refractivity contribution < 1.29 is 17.6 Å². The summed E-state index contributed by atoms with van der Waals surface area (Å²) in [6, 6.07) is 7.86. The molecule has 0 saturated carbocycles. The number of nitrogens with one attached hydrogen (secondary N) is 1. The maximum Gasteiger partial charge on any atom is 0.252 e. The zero-order valence-electron chi connectivity index (χ0n) is 15.1. The van der Waals surface area contributed by atoms with Crippen LogP contribution in [0.2, 0.25) is 0 Å². The summed E-state index contributed by atoms with van der Waals surface area (Å²) in [6.45, 7) is 0.675. The number of benzene rings is 1. The fourth-order valence-corrected chi connectivity index (χ4v) is 7.42. The van der Waals surface area contributed by atoms with Crippen LogP contribution in [0.1, 0.15) is 30.9 Å². The summed E-state index contributed by atoms with van der Waals surface area (Å²) in [5.41, 5.74) is 0.835. The lowest BCUT2D eigenvalue weighted by molar-refractivity contribution is -0.126. The third-order valence-electron chi connectivity index (χ3n) is 5.24. The van der Waals surface area contributed by atoms with Gasteiger partial charge < -0.3 is 5.32 Å². The molecule has 1 amide bonds. The molecule has 1 atom stereocenters. The number of thioether (sulfide) groups is 1. The van der Waals surface area contributed by atoms with Crippen LogP contribution in [0.25, 0.3) is 0 Å². The van der Waals surface area contributed by atoms with Crippen LogP contribution in [-0.2, 0) is 14.8 Å². The van der Waals surface area contributed by atoms with Gasteiger partial charge in [0, 0.05) is 29.7 Å². The van der Waals surface area contributed by atoms with Crippen LogP contribution >= 0.6 is 23.1 Å². The van der Waals surface area contributed by atoms with Crippen LogP contribution in [0.5, 0.6) is 0 Å². The highest BCUT2D eigenvalue weighted by Gasteiger charge is 2.33. The van der Waals surface area contributed by atoms with Crippen molar-refractivity contribution in [3.8, 4) is 0 Å². The number of hydrogen-bond acceptors (Lipinski definition) is 5. The van der Waals surface area contributed by atoms with Gasteiger partial charge in [-0.05, 0) is 54.5 Å². The average Bonchev–Trinajstić information content (AvgIpc) is 3.24. The fourth-order valence-electron chi connectivity index (χ4n) is 3.70. The molecule has 28 heavy (non-hydrogen) atoms. The van der Waals surface area contributed by atoms with Gasteiger partial charge >= 0.3 is 0 Å². The van der Waals surface area contributed by atoms with E-state index in [0.717, 1.165) is 22.6 Å². The summed E-state index contributed by atoms with van der Waals surface area (Å²) in [7, 11) is -3.46. The van der Waals surface area contributed by atoms with Crippen molar-refractivity contribution >= 4 is 39.0 Å². The molecule has 1 fully saturated rings. The number of nitrogens with zero attached hydrogens (tertiary/aromatic N) is 1. The van der Waals surface area contributed by atoms with Crippen molar-refractivity contribution in [2.75, 3.05) is 18.8 Å². The van der Waals surface area contributed by atoms with E-state index in [4.69, 9.17) is 0 Å². The second-order valence-electron chi connectivity index (χ2n) is 6.99. The molecule has 1 aromatic heterocycles. The summed E-state index contributed by atoms with van der Waals surface area (Å²) in [4.78, 5) is 13.8. The molecule has 0 radical (unpaired) electrons. The minimum Gasteiger partial charge on any atom is -0.349 e. The summed E-state index contributed by atoms with van der Waals surface area (Å²) in [5, 5.41) is 4.81. The van der Waals surface area contributed by atoms with Crippen molar-refractivity contribution in [2.24, 2.45) is 5.92 Å². The van der Waals surface area contributed by atoms with Gasteiger partial charge in [0.1, 0.15) is 10.0 Å². The van der Waals surface area contributed by atoms with E-state index in [9.17, 15) is 17.6 Å². The molecule has 0 aliphatic carbocycles. The van der Waals surface area contributed by atoms with Gasteiger partial charge in [-0.25, -0.2) is 12.8 Å². The highest BCUT2D eigenvalue weighted by Crippen LogP contribution is 2.37. The second-order valence-corrected chi connectivity index (χ2v) is 11.2. The molecule has 2 aliphatic heterocycles. The first-order valence-electron chi connectivity index (χ1n) is 9.21. The molecule has 2 aromatic rings. The van der Waals surface area contributed by atoms with Gasteiger partial charge in [-0.1, -0.05) is 6.07 Å². The zero-order chi connectivity index (χ0) is 19.7. The highest BCUT2D eigenvalue weighted by molar-refractivity contribution is 7.99. The molecule has 0 unspecified atom stereocenters. The van der Waals surface area contributed by atoms with Crippen LogP contribution in [0, 0.1) is 11.7 Å². The molecule has 1 saturated heterocycles. The first-order chi connectivity index (χ1) is 13.4. The first kappa shape index (κ1) is 19.9. The summed E-state index contributed by atoms with van der Waals surface area (Å²) in [5.74, 6) is 0.287. The number of amides is 1. The van der Waals surface area contributed by atoms with E-state index in [1.807, 2.05) is 0 Å². The van der Waals surface area contributed by atoms with Crippen LogP contribution < -0.4 is 5.32 Å². The van der Waals surface area contributed by atoms with Crippen LogP contribution in [0.3, 0.4) is 0 Å². The lowest BCUT2D eigenvalue weighted by atomic mass is 9.95. The molecule has 3 heterocycles. The minimum absolute atomic E-state index is 0.0692. The van der Waals surface area contributed by atoms with Gasteiger partial charge in [0.2, 0.25) is 5.91 Å². The molecule has 2 aliphatic rings. The third kappa shape index (κ3) is 3.98. The summed E-state index contributed by atoms with van der Waals surface area (Å²) >= 11 is 2.88. The maximum absolute atomic E-state index is 13.6. The number of thiophene rings is 1. The number of fused-ring (bicyclic) bond motifs is 1. The van der Waals surface area contributed by atoms with Gasteiger partial charge in [-0.15, -0.1) is 23.1 Å². The fraction of sp³-hybridized carbons (Fsp3) is 0.421. The van der Waals surface area contributed by atoms with E-state index in [1.165, 1.54) is 27.8 Å². The molecular weight excluding hydrogens is 419 g/mol. The largest absolute Gasteiger partial charge is 0.349 e. The topological polar surface area (TPSA) is 66.5 Å². The Morgan fingerprint density at radius 3 is 2.68 bits per heavy atom. The van der Waals surface area contributed by atoms with Crippen LogP contribution in [-0.4, -0.2) is 37.5 Å². The van der Waals surface area contributed by atoms with E-state index < -0.39 is 10.0 Å². The SMILES string of the molecule is O=C(N[C@H]1CCSc2ccc(F)cc21)C1CCN(S(=O)(=O)c2cccs2)CC1. The summed E-state index contributed by atoms with van der Waals surface area (Å²) < 4.78 is 40.7. The molecule has 150 valence electrons. The van der Waals surface area contributed by atoms with Gasteiger partial charge in [0.05, 0.1) is 6.04 Å². The van der Waals surface area contributed by atoms with Gasteiger partial charge in [0.25, 0.3) is 10.0 Å². The van der Waals surface area contributed by atoms with E-state index in [-0.39, 0.29) is 23.7 Å². The first-order valence-corrected chi connectivity index (χ1v) is 12.5. The average molecular weight is 441 g/mol. The molecular formula is C19H21FN2O3S3. The van der Waals surface area contributed by atoms with E-state index in [1.54, 1.807) is 35.3 Å². The molecule has 5 nitrogen and oxygen atoms in total. The molecule has 0 spiro atoms. The third-order valence-corrected chi connectivity index (χ3v) is 9.64. The Morgan fingerprint density at radius 1 is 1.18 bits per heavy atom. The van der Waals surface area contributed by atoms with Crippen molar-refractivity contribution in [1.29, 1.82) is 0 Å². The van der Waals surface area contributed by atoms with Gasteiger partial charge in [-0.3, -0.25) is 4.79 Å². The van der Waals surface area contributed by atoms with Crippen molar-refractivity contribution in [3.05, 3.63) is 47.1 Å². The van der Waals surface area contributed by atoms with E-state index in [2.05, 4.69) is 5.32 Å². The Hall–Kier alpha value is -1.42. The molecule has 1 aromatic carbocycles. The highest BCUT2D eigenvalue weighted by atomic mass is 32.2. The Kier molecular flexibility index (Phi) is 5.78. The predicted octanol–water partition coefficient (Wildman–Crippen LogP) is 3.64. The molecule has 4 rings (SSSR count). The minimum atomic E-state index is -3.46. The van der Waals surface area contributed by atoms with E-state index >= 15 is 0 Å². The monoisotopic (exact) mass is 440 g/mol. The maximum atomic E-state index is 13.6. The van der Waals surface area contributed by atoms with Crippen molar-refractivity contribution in [3.63, 3.8) is 0 Å². The van der Waals surface area contributed by atoms with E-state index in [0.29, 0.717) is 30.1 Å². The zero-order valence-corrected chi connectivity index (χ0v) is 17.6. The molecule has 1 N–H and O–H groups in total. The lowest BCUT2D eigenvalue weighted by Crippen LogP contribution is -2.43. The Bertz CT molecular complexity index is 955. The standard InChI is InChI=1S/C19H21FN2O3S3/c20-14-3-4-17-15(12-14)16(7-11-26-17)21-19(23)13-5-8-22(9-6-13)28(24,25)18-2-1-10-27-18/h1-4,10,12-13,16H,5-9,11H2,(H,21,23)/t16-/m0/s1. The summed E-state index contributed by atoms with van der Waals surface area (Å²) in [6.07, 6.45) is 1.75. The number of rotatable bonds is 4. The predicted molar refractivity (Wildman–Crippen MR) is 108 cm³/mol. The Labute approximate surface area is 172 Å². The van der Waals surface area contributed by atoms with Crippen molar-refractivity contribution in [2.45, 2.75) is 34.4 Å². The second kappa shape index (κ2) is 8.14. The Balaban J connectivity index is 1.39. The number of sulfonamides is 1. The van der Waals surface area contributed by atoms with Gasteiger partial charge in [0.15, 0.2) is 0 Å². The number of halogens is 1. The Morgan fingerprint density at radius 2 is 1.96 bits per heavy atom. The molecule has 0 bridgehead atoms. The van der Waals surface area contributed by atoms with Crippen molar-refractivity contribution in [1.82, 2.24) is 9.62 Å². The van der Waals surface area contributed by atoms with Gasteiger partial charge in [-0.2, -0.15) is 4.31 Å². The van der Waals surface area contributed by atoms with Crippen LogP contribution in [0.4, 0.5) is 4.39 Å². The number of piperidine rings is 1. The van der Waals surface area contributed by atoms with Crippen LogP contribution in [0.15, 0.2) is 44.8 Å². The lowest BCUT2D eigenvalue weighted by Gasteiger charge is -2.32. The molecule has 9 heteroatoms. The number of carbonyl (C=O) groups excluding carboxylic acids is 1.